The Morgan fingerprint density at radius 1 is 1.21 bits per heavy atom. The van der Waals surface area contributed by atoms with Gasteiger partial charge in [0.05, 0.1) is 12.2 Å². The SMILES string of the molecule is CCCCC(=O)OCC(=O)[C@@]1(O)[C@H](O)C[C@H]2[C@@H]3CCC4=CC(=O)C=C[C@]4(C)[C@@]3(F)[C@@H](O)C[C@@]21C. The van der Waals surface area contributed by atoms with Gasteiger partial charge in [-0.05, 0) is 57.1 Å². The average molecular weight is 479 g/mol. The average Bonchev–Trinajstić information content (AvgIpc) is 2.99. The lowest BCUT2D eigenvalue weighted by atomic mass is 9.44. The summed E-state index contributed by atoms with van der Waals surface area (Å²) in [7, 11) is 0. The van der Waals surface area contributed by atoms with Crippen molar-refractivity contribution in [1.82, 2.24) is 0 Å². The Kier molecular flexibility index (Phi) is 6.19. The zero-order valence-corrected chi connectivity index (χ0v) is 20.1. The number of hydrogen-bond acceptors (Lipinski definition) is 7. The van der Waals surface area contributed by atoms with Gasteiger partial charge in [0.25, 0.3) is 0 Å². The molecule has 0 aromatic carbocycles. The summed E-state index contributed by atoms with van der Waals surface area (Å²) in [6, 6.07) is 0. The van der Waals surface area contributed by atoms with Gasteiger partial charge in [-0.15, -0.1) is 0 Å². The molecule has 8 atom stereocenters. The molecule has 188 valence electrons. The first-order valence-corrected chi connectivity index (χ1v) is 12.3. The highest BCUT2D eigenvalue weighted by atomic mass is 19.1. The number of ether oxygens (including phenoxy) is 1. The zero-order valence-electron chi connectivity index (χ0n) is 20.1. The molecule has 34 heavy (non-hydrogen) atoms. The second-order valence-corrected chi connectivity index (χ2v) is 11.0. The van der Waals surface area contributed by atoms with Crippen LogP contribution >= 0.6 is 0 Å². The molecule has 4 aliphatic rings. The molecule has 0 unspecified atom stereocenters. The van der Waals surface area contributed by atoms with Crippen LogP contribution in [-0.2, 0) is 19.1 Å². The lowest BCUT2D eigenvalue weighted by molar-refractivity contribution is -0.222. The Balaban J connectivity index is 1.65. The van der Waals surface area contributed by atoms with E-state index in [1.54, 1.807) is 13.8 Å². The summed E-state index contributed by atoms with van der Waals surface area (Å²) in [6.07, 6.45) is 3.32. The molecule has 4 aliphatic carbocycles. The Morgan fingerprint density at radius 3 is 2.59 bits per heavy atom. The fourth-order valence-corrected chi connectivity index (χ4v) is 7.38. The standard InChI is InChI=1S/C26H35FO7/c1-4-5-6-22(32)34-14-21(31)26(33)19(29)12-18-17-8-7-15-11-16(28)9-10-23(15,2)25(17,27)20(30)13-24(18,26)3/h9-11,17-20,29-30,33H,4-8,12-14H2,1-3H3/t17-,18-,19+,20-,23-,24-,25-,26-/m0/s1. The van der Waals surface area contributed by atoms with Crippen LogP contribution in [0, 0.1) is 22.7 Å². The maximum atomic E-state index is 17.0. The number of carbonyl (C=O) groups is 3. The number of rotatable bonds is 6. The first-order chi connectivity index (χ1) is 15.9. The zero-order chi connectivity index (χ0) is 25.1. The quantitative estimate of drug-likeness (QED) is 0.501. The number of carbonyl (C=O) groups excluding carboxylic acids is 3. The molecule has 0 radical (unpaired) electrons. The van der Waals surface area contributed by atoms with Gasteiger partial charge in [-0.25, -0.2) is 4.39 Å². The summed E-state index contributed by atoms with van der Waals surface area (Å²) in [5.74, 6) is -2.94. The predicted octanol–water partition coefficient (Wildman–Crippen LogP) is 2.36. The van der Waals surface area contributed by atoms with Crippen LogP contribution in [0.5, 0.6) is 0 Å². The molecular weight excluding hydrogens is 443 g/mol. The van der Waals surface area contributed by atoms with Crippen LogP contribution in [-0.4, -0.2) is 62.9 Å². The van der Waals surface area contributed by atoms with Gasteiger partial charge < -0.3 is 20.1 Å². The topological polar surface area (TPSA) is 121 Å². The molecule has 4 rings (SSSR count). The van der Waals surface area contributed by atoms with Crippen LogP contribution in [0.4, 0.5) is 4.39 Å². The smallest absolute Gasteiger partial charge is 0.306 e. The van der Waals surface area contributed by atoms with Crippen molar-refractivity contribution in [3.8, 4) is 0 Å². The Morgan fingerprint density at radius 2 is 1.91 bits per heavy atom. The summed E-state index contributed by atoms with van der Waals surface area (Å²) >= 11 is 0. The molecule has 0 spiro atoms. The fourth-order valence-electron chi connectivity index (χ4n) is 7.38. The maximum absolute atomic E-state index is 17.0. The second-order valence-electron chi connectivity index (χ2n) is 11.0. The third-order valence-corrected chi connectivity index (χ3v) is 9.39. The molecule has 0 aromatic heterocycles. The van der Waals surface area contributed by atoms with Gasteiger partial charge in [0, 0.05) is 23.2 Å². The van der Waals surface area contributed by atoms with E-state index in [0.29, 0.717) is 24.8 Å². The highest BCUT2D eigenvalue weighted by Gasteiger charge is 2.76. The highest BCUT2D eigenvalue weighted by molar-refractivity contribution is 6.01. The molecule has 0 aromatic rings. The molecule has 0 saturated heterocycles. The van der Waals surface area contributed by atoms with E-state index in [1.807, 2.05) is 6.92 Å². The monoisotopic (exact) mass is 478 g/mol. The van der Waals surface area contributed by atoms with Crippen LogP contribution in [0.15, 0.2) is 23.8 Å². The third-order valence-electron chi connectivity index (χ3n) is 9.39. The minimum atomic E-state index is -2.28. The number of esters is 1. The number of alkyl halides is 1. The van der Waals surface area contributed by atoms with E-state index in [2.05, 4.69) is 0 Å². The Hall–Kier alpha value is -1.90. The summed E-state index contributed by atoms with van der Waals surface area (Å²) in [5, 5.41) is 33.8. The van der Waals surface area contributed by atoms with Crippen molar-refractivity contribution in [1.29, 1.82) is 0 Å². The summed E-state index contributed by atoms with van der Waals surface area (Å²) in [5.41, 5.74) is -6.29. The first-order valence-electron chi connectivity index (χ1n) is 12.3. The van der Waals surface area contributed by atoms with E-state index in [4.69, 9.17) is 4.74 Å². The molecule has 3 fully saturated rings. The van der Waals surface area contributed by atoms with E-state index in [-0.39, 0.29) is 25.0 Å². The number of allylic oxidation sites excluding steroid dienone is 4. The molecule has 3 saturated carbocycles. The predicted molar refractivity (Wildman–Crippen MR) is 120 cm³/mol. The van der Waals surface area contributed by atoms with E-state index >= 15 is 4.39 Å². The maximum Gasteiger partial charge on any atom is 0.306 e. The van der Waals surface area contributed by atoms with Crippen LogP contribution < -0.4 is 0 Å². The van der Waals surface area contributed by atoms with Crippen molar-refractivity contribution in [2.75, 3.05) is 6.61 Å². The van der Waals surface area contributed by atoms with Crippen molar-refractivity contribution in [2.24, 2.45) is 22.7 Å². The number of aliphatic hydroxyl groups excluding tert-OH is 2. The van der Waals surface area contributed by atoms with Gasteiger partial charge in [0.15, 0.2) is 23.7 Å². The van der Waals surface area contributed by atoms with Crippen LogP contribution in [0.2, 0.25) is 0 Å². The number of hydrogen-bond donors (Lipinski definition) is 3. The molecule has 7 nitrogen and oxygen atoms in total. The molecule has 8 heteroatoms. The summed E-state index contributed by atoms with van der Waals surface area (Å²) in [4.78, 5) is 37.0. The fraction of sp³-hybridized carbons (Fsp3) is 0.731. The lowest BCUT2D eigenvalue weighted by Gasteiger charge is -2.62. The second kappa shape index (κ2) is 8.35. The van der Waals surface area contributed by atoms with Gasteiger partial charge in [-0.1, -0.05) is 31.9 Å². The highest BCUT2D eigenvalue weighted by Crippen LogP contribution is 2.69. The molecule has 3 N–H and O–H groups in total. The molecule has 0 bridgehead atoms. The van der Waals surface area contributed by atoms with Gasteiger partial charge in [0.1, 0.15) is 0 Å². The number of halogens is 1. The van der Waals surface area contributed by atoms with E-state index in [0.717, 1.165) is 6.42 Å². The van der Waals surface area contributed by atoms with Crippen molar-refractivity contribution in [3.05, 3.63) is 23.8 Å². The van der Waals surface area contributed by atoms with Crippen LogP contribution in [0.1, 0.15) is 65.7 Å². The molecule has 0 heterocycles. The van der Waals surface area contributed by atoms with Gasteiger partial charge in [-0.3, -0.25) is 14.4 Å². The normalized spacial score (nSPS) is 45.1. The first kappa shape index (κ1) is 25.2. The Bertz CT molecular complexity index is 959. The van der Waals surface area contributed by atoms with Gasteiger partial charge in [-0.2, -0.15) is 0 Å². The van der Waals surface area contributed by atoms with E-state index < -0.39 is 64.5 Å². The van der Waals surface area contributed by atoms with Gasteiger partial charge in [0.2, 0.25) is 5.78 Å². The summed E-state index contributed by atoms with van der Waals surface area (Å²) in [6.45, 7) is 4.52. The molecular formula is C26H35FO7. The minimum Gasteiger partial charge on any atom is -0.458 e. The largest absolute Gasteiger partial charge is 0.458 e. The van der Waals surface area contributed by atoms with Gasteiger partial charge >= 0.3 is 5.97 Å². The number of fused-ring (bicyclic) bond motifs is 5. The Labute approximate surface area is 199 Å². The minimum absolute atomic E-state index is 0.0106. The van der Waals surface area contributed by atoms with Crippen molar-refractivity contribution in [3.63, 3.8) is 0 Å². The molecule has 0 aliphatic heterocycles. The van der Waals surface area contributed by atoms with Crippen molar-refractivity contribution < 1.29 is 38.8 Å². The van der Waals surface area contributed by atoms with E-state index in [9.17, 15) is 29.7 Å². The number of aliphatic hydroxyl groups is 3. The van der Waals surface area contributed by atoms with Crippen molar-refractivity contribution >= 4 is 17.5 Å². The lowest BCUT2D eigenvalue weighted by Crippen LogP contribution is -2.69. The number of Topliss-reactive ketones (excluding diaryl/α,β-unsaturated/α-hetero) is 1. The molecule has 0 amide bonds. The van der Waals surface area contributed by atoms with Crippen LogP contribution in [0.3, 0.4) is 0 Å². The van der Waals surface area contributed by atoms with Crippen LogP contribution in [0.25, 0.3) is 0 Å². The van der Waals surface area contributed by atoms with Crippen molar-refractivity contribution in [2.45, 2.75) is 89.2 Å². The number of ketones is 2. The number of unbranched alkanes of at least 4 members (excludes halogenated alkanes) is 1. The summed E-state index contributed by atoms with van der Waals surface area (Å²) < 4.78 is 22.1. The third kappa shape index (κ3) is 3.21. The van der Waals surface area contributed by atoms with E-state index in [1.165, 1.54) is 18.2 Å².